The summed E-state index contributed by atoms with van der Waals surface area (Å²) in [6.07, 6.45) is 1.85. The molecule has 2 nitrogen and oxygen atoms in total. The number of benzene rings is 1. The third-order valence-corrected chi connectivity index (χ3v) is 2.10. The van der Waals surface area contributed by atoms with E-state index in [1.165, 1.54) is 11.1 Å². The van der Waals surface area contributed by atoms with E-state index in [0.717, 1.165) is 11.5 Å². The lowest BCUT2D eigenvalue weighted by molar-refractivity contribution is 1.24. The molecule has 66 valence electrons. The van der Waals surface area contributed by atoms with E-state index in [1.54, 1.807) is 0 Å². The molecular weight excluding hydrogens is 160 g/mol. The number of H-pyrrole nitrogens is 1. The number of aromatic amines is 1. The van der Waals surface area contributed by atoms with Crippen LogP contribution >= 0.6 is 0 Å². The minimum absolute atomic E-state index is 0.954. The molecule has 0 atom stereocenters. The van der Waals surface area contributed by atoms with Gasteiger partial charge in [-0.3, -0.25) is 0 Å². The molecule has 1 N–H and O–H groups in total. The lowest BCUT2D eigenvalue weighted by atomic mass is 10.1. The molecule has 0 spiro atoms. The Balaban J connectivity index is 2.52. The Morgan fingerprint density at radius 3 is 2.54 bits per heavy atom. The van der Waals surface area contributed by atoms with E-state index in [4.69, 9.17) is 0 Å². The van der Waals surface area contributed by atoms with Crippen LogP contribution in [0.1, 0.15) is 11.3 Å². The molecule has 1 aromatic heterocycles. The number of aromatic nitrogens is 2. The Kier molecular flexibility index (Phi) is 1.89. The first kappa shape index (κ1) is 8.05. The van der Waals surface area contributed by atoms with Gasteiger partial charge in [-0.15, -0.1) is 0 Å². The average Bonchev–Trinajstić information content (AvgIpc) is 2.53. The van der Waals surface area contributed by atoms with Gasteiger partial charge in [0.25, 0.3) is 0 Å². The standard InChI is InChI=1S/C11H12N2/c1-8-5-3-4-6-10(8)11-12-7-9(2)13-11/h3-7H,1-2H3,(H,12,13). The van der Waals surface area contributed by atoms with Crippen molar-refractivity contribution in [2.45, 2.75) is 13.8 Å². The highest BCUT2D eigenvalue weighted by Gasteiger charge is 2.02. The quantitative estimate of drug-likeness (QED) is 0.704. The molecule has 0 saturated heterocycles. The van der Waals surface area contributed by atoms with Gasteiger partial charge < -0.3 is 4.98 Å². The first-order chi connectivity index (χ1) is 6.27. The van der Waals surface area contributed by atoms with Gasteiger partial charge in [0.2, 0.25) is 0 Å². The van der Waals surface area contributed by atoms with Gasteiger partial charge in [-0.2, -0.15) is 0 Å². The lowest BCUT2D eigenvalue weighted by Gasteiger charge is -2.00. The minimum atomic E-state index is 0.954. The van der Waals surface area contributed by atoms with E-state index >= 15 is 0 Å². The molecule has 0 saturated carbocycles. The normalized spacial score (nSPS) is 10.3. The number of aryl methyl sites for hydroxylation is 2. The van der Waals surface area contributed by atoms with Crippen molar-refractivity contribution in [1.82, 2.24) is 9.97 Å². The summed E-state index contributed by atoms with van der Waals surface area (Å²) in [5.41, 5.74) is 3.52. The molecule has 1 heterocycles. The van der Waals surface area contributed by atoms with E-state index in [-0.39, 0.29) is 0 Å². The summed E-state index contributed by atoms with van der Waals surface area (Å²) in [5, 5.41) is 0. The third-order valence-electron chi connectivity index (χ3n) is 2.10. The molecule has 2 aromatic rings. The van der Waals surface area contributed by atoms with Gasteiger partial charge >= 0.3 is 0 Å². The maximum absolute atomic E-state index is 4.29. The van der Waals surface area contributed by atoms with Crippen LogP contribution < -0.4 is 0 Å². The zero-order valence-electron chi connectivity index (χ0n) is 7.83. The van der Waals surface area contributed by atoms with Gasteiger partial charge in [0.1, 0.15) is 5.82 Å². The van der Waals surface area contributed by atoms with Crippen LogP contribution in [-0.2, 0) is 0 Å². The summed E-state index contributed by atoms with van der Waals surface area (Å²) in [6, 6.07) is 8.23. The van der Waals surface area contributed by atoms with Crippen LogP contribution in [0.2, 0.25) is 0 Å². The molecule has 0 aliphatic carbocycles. The molecule has 0 unspecified atom stereocenters. The van der Waals surface area contributed by atoms with Gasteiger partial charge in [0.15, 0.2) is 0 Å². The second-order valence-corrected chi connectivity index (χ2v) is 3.23. The number of nitrogens with one attached hydrogen (secondary N) is 1. The van der Waals surface area contributed by atoms with E-state index in [2.05, 4.69) is 29.0 Å². The van der Waals surface area contributed by atoms with Crippen molar-refractivity contribution in [3.05, 3.63) is 41.7 Å². The largest absolute Gasteiger partial charge is 0.342 e. The monoisotopic (exact) mass is 172 g/mol. The first-order valence-electron chi connectivity index (χ1n) is 4.35. The minimum Gasteiger partial charge on any atom is -0.342 e. The predicted molar refractivity (Wildman–Crippen MR) is 53.5 cm³/mol. The summed E-state index contributed by atoms with van der Waals surface area (Å²) in [5.74, 6) is 0.954. The number of hydrogen-bond acceptors (Lipinski definition) is 1. The molecule has 0 fully saturated rings. The molecule has 0 bridgehead atoms. The Morgan fingerprint density at radius 2 is 1.92 bits per heavy atom. The van der Waals surface area contributed by atoms with Gasteiger partial charge in [0, 0.05) is 17.5 Å². The predicted octanol–water partition coefficient (Wildman–Crippen LogP) is 2.69. The second kappa shape index (κ2) is 3.05. The van der Waals surface area contributed by atoms with E-state index in [1.807, 2.05) is 25.3 Å². The Morgan fingerprint density at radius 1 is 1.15 bits per heavy atom. The number of rotatable bonds is 1. The molecule has 0 amide bonds. The molecule has 0 aliphatic heterocycles. The zero-order valence-corrected chi connectivity index (χ0v) is 7.83. The van der Waals surface area contributed by atoms with E-state index in [9.17, 15) is 0 Å². The number of imidazole rings is 1. The second-order valence-electron chi connectivity index (χ2n) is 3.23. The van der Waals surface area contributed by atoms with Gasteiger partial charge in [-0.25, -0.2) is 4.98 Å². The van der Waals surface area contributed by atoms with Crippen molar-refractivity contribution in [3.8, 4) is 11.4 Å². The van der Waals surface area contributed by atoms with E-state index in [0.29, 0.717) is 0 Å². The molecule has 13 heavy (non-hydrogen) atoms. The first-order valence-corrected chi connectivity index (χ1v) is 4.35. The fourth-order valence-electron chi connectivity index (χ4n) is 1.39. The van der Waals surface area contributed by atoms with Crippen LogP contribution in [0, 0.1) is 13.8 Å². The summed E-state index contributed by atoms with van der Waals surface area (Å²) in [7, 11) is 0. The Bertz CT molecular complexity index is 416. The summed E-state index contributed by atoms with van der Waals surface area (Å²) in [4.78, 5) is 7.51. The van der Waals surface area contributed by atoms with Crippen LogP contribution in [-0.4, -0.2) is 9.97 Å². The van der Waals surface area contributed by atoms with Crippen molar-refractivity contribution >= 4 is 0 Å². The number of nitrogens with zero attached hydrogens (tertiary/aromatic N) is 1. The van der Waals surface area contributed by atoms with Crippen LogP contribution in [0.4, 0.5) is 0 Å². The van der Waals surface area contributed by atoms with Crippen LogP contribution in [0.5, 0.6) is 0 Å². The van der Waals surface area contributed by atoms with Crippen molar-refractivity contribution < 1.29 is 0 Å². The average molecular weight is 172 g/mol. The Labute approximate surface area is 77.6 Å². The molecule has 2 heteroatoms. The number of hydrogen-bond donors (Lipinski definition) is 1. The maximum Gasteiger partial charge on any atom is 0.137 e. The van der Waals surface area contributed by atoms with Crippen LogP contribution in [0.25, 0.3) is 11.4 Å². The smallest absolute Gasteiger partial charge is 0.137 e. The fraction of sp³-hybridized carbons (Fsp3) is 0.182. The highest BCUT2D eigenvalue weighted by molar-refractivity contribution is 5.59. The molecule has 2 rings (SSSR count). The van der Waals surface area contributed by atoms with Crippen molar-refractivity contribution in [3.63, 3.8) is 0 Å². The molecule has 1 aromatic carbocycles. The topological polar surface area (TPSA) is 28.7 Å². The van der Waals surface area contributed by atoms with Crippen LogP contribution in [0.3, 0.4) is 0 Å². The van der Waals surface area contributed by atoms with E-state index < -0.39 is 0 Å². The highest BCUT2D eigenvalue weighted by atomic mass is 14.9. The van der Waals surface area contributed by atoms with Gasteiger partial charge in [-0.1, -0.05) is 24.3 Å². The summed E-state index contributed by atoms with van der Waals surface area (Å²) >= 11 is 0. The molecule has 0 radical (unpaired) electrons. The maximum atomic E-state index is 4.29. The van der Waals surface area contributed by atoms with Crippen molar-refractivity contribution in [2.24, 2.45) is 0 Å². The Hall–Kier alpha value is -1.57. The highest BCUT2D eigenvalue weighted by Crippen LogP contribution is 2.19. The summed E-state index contributed by atoms with van der Waals surface area (Å²) in [6.45, 7) is 4.10. The molecular formula is C11H12N2. The van der Waals surface area contributed by atoms with Gasteiger partial charge in [-0.05, 0) is 19.4 Å². The van der Waals surface area contributed by atoms with Crippen molar-refractivity contribution in [2.75, 3.05) is 0 Å². The van der Waals surface area contributed by atoms with Gasteiger partial charge in [0.05, 0.1) is 0 Å². The molecule has 0 aliphatic rings. The lowest BCUT2D eigenvalue weighted by Crippen LogP contribution is -1.84. The van der Waals surface area contributed by atoms with Crippen LogP contribution in [0.15, 0.2) is 30.5 Å². The third kappa shape index (κ3) is 1.47. The fourth-order valence-corrected chi connectivity index (χ4v) is 1.39. The van der Waals surface area contributed by atoms with Crippen molar-refractivity contribution in [1.29, 1.82) is 0 Å². The summed E-state index contributed by atoms with van der Waals surface area (Å²) < 4.78 is 0. The SMILES string of the molecule is Cc1cnc(-c2ccccc2C)[nH]1. The zero-order chi connectivity index (χ0) is 9.26.